The molecule has 0 radical (unpaired) electrons. The minimum atomic E-state index is -0.659. The number of hydrogen-bond donors (Lipinski definition) is 0. The molecule has 236 valence electrons. The third-order valence-corrected chi connectivity index (χ3v) is 8.56. The van der Waals surface area contributed by atoms with Crippen LogP contribution in [0.3, 0.4) is 0 Å². The van der Waals surface area contributed by atoms with Gasteiger partial charge in [-0.15, -0.1) is 0 Å². The first kappa shape index (κ1) is 35.0. The van der Waals surface area contributed by atoms with Gasteiger partial charge in [-0.25, -0.2) is 4.79 Å². The number of likely N-dealkylation sites (tertiary alicyclic amines) is 1. The molecule has 1 saturated carbocycles. The van der Waals surface area contributed by atoms with Gasteiger partial charge in [0.25, 0.3) is 0 Å². The molecule has 0 aromatic heterocycles. The van der Waals surface area contributed by atoms with Gasteiger partial charge in [0.2, 0.25) is 5.91 Å². The molecule has 9 heteroatoms. The third kappa shape index (κ3) is 9.16. The highest BCUT2D eigenvalue weighted by atomic mass is 16.6. The van der Waals surface area contributed by atoms with Crippen molar-refractivity contribution in [3.05, 3.63) is 0 Å². The van der Waals surface area contributed by atoms with Gasteiger partial charge in [-0.2, -0.15) is 0 Å². The number of rotatable bonds is 12. The minimum absolute atomic E-state index is 0.00442. The Bertz CT molecular complexity index is 935. The van der Waals surface area contributed by atoms with Crippen molar-refractivity contribution in [2.45, 2.75) is 143 Å². The smallest absolute Gasteiger partial charge is 0.411 e. The Labute approximate surface area is 248 Å². The van der Waals surface area contributed by atoms with E-state index in [1.54, 1.807) is 24.0 Å². The molecule has 1 aliphatic carbocycles. The van der Waals surface area contributed by atoms with Crippen molar-refractivity contribution in [1.29, 1.82) is 0 Å². The van der Waals surface area contributed by atoms with Gasteiger partial charge < -0.3 is 19.1 Å². The van der Waals surface area contributed by atoms with Crippen molar-refractivity contribution in [2.24, 2.45) is 23.7 Å². The number of methoxy groups -OCH3 is 1. The Morgan fingerprint density at radius 1 is 0.927 bits per heavy atom. The average Bonchev–Trinajstić information content (AvgIpc) is 3.45. The van der Waals surface area contributed by atoms with Gasteiger partial charge in [0.05, 0.1) is 24.6 Å². The summed E-state index contributed by atoms with van der Waals surface area (Å²) >= 11 is 0. The quantitative estimate of drug-likeness (QED) is 0.276. The average molecular weight is 581 g/mol. The van der Waals surface area contributed by atoms with Crippen LogP contribution in [-0.2, 0) is 28.6 Å². The van der Waals surface area contributed by atoms with Gasteiger partial charge in [-0.1, -0.05) is 34.1 Å². The number of piperidine rings is 1. The zero-order chi connectivity index (χ0) is 31.4. The van der Waals surface area contributed by atoms with Gasteiger partial charge in [0, 0.05) is 32.5 Å². The van der Waals surface area contributed by atoms with Gasteiger partial charge in [-0.05, 0) is 78.6 Å². The number of ether oxygens (including phenoxy) is 3. The molecule has 9 nitrogen and oxygen atoms in total. The number of likely N-dealkylation sites (N-methyl/N-ethyl adjacent to an activating group) is 1. The second-order valence-electron chi connectivity index (χ2n) is 14.5. The third-order valence-electron chi connectivity index (χ3n) is 8.56. The van der Waals surface area contributed by atoms with Crippen molar-refractivity contribution in [2.75, 3.05) is 14.2 Å². The zero-order valence-electron chi connectivity index (χ0n) is 27.6. The highest BCUT2D eigenvalue weighted by Crippen LogP contribution is 2.44. The summed E-state index contributed by atoms with van der Waals surface area (Å²) in [6, 6.07) is -0.945. The van der Waals surface area contributed by atoms with Crippen molar-refractivity contribution in [3.8, 4) is 0 Å². The number of nitrogens with zero attached hydrogens (tertiary/aromatic N) is 2. The molecule has 1 heterocycles. The molecule has 1 aliphatic heterocycles. The van der Waals surface area contributed by atoms with Gasteiger partial charge in [-0.3, -0.25) is 19.3 Å². The first-order chi connectivity index (χ1) is 18.8. The second-order valence-corrected chi connectivity index (χ2v) is 14.5. The predicted octanol–water partition coefficient (Wildman–Crippen LogP) is 5.63. The van der Waals surface area contributed by atoms with E-state index in [-0.39, 0.29) is 60.3 Å². The van der Waals surface area contributed by atoms with Crippen LogP contribution in [0.1, 0.15) is 108 Å². The fraction of sp³-hybridized carbons (Fsp3) is 0.875. The maximum Gasteiger partial charge on any atom is 0.411 e. The van der Waals surface area contributed by atoms with E-state index >= 15 is 0 Å². The molecule has 7 atom stereocenters. The summed E-state index contributed by atoms with van der Waals surface area (Å²) in [5, 5.41) is 0. The van der Waals surface area contributed by atoms with E-state index in [4.69, 9.17) is 14.2 Å². The van der Waals surface area contributed by atoms with E-state index in [0.29, 0.717) is 0 Å². The van der Waals surface area contributed by atoms with Crippen LogP contribution in [0, 0.1) is 23.7 Å². The van der Waals surface area contributed by atoms with Crippen LogP contribution in [-0.4, -0.2) is 83.1 Å². The van der Waals surface area contributed by atoms with Gasteiger partial charge in [0.15, 0.2) is 5.78 Å². The standard InChI is InChI=1S/C32H56N2O7/c1-13-20(4)27(25(39-12)18-26(36)40-31(5,6)7)33(11)29(37)23(19(2)3)17-24(35)28-21-14-15-22(16-21)34(28)30(38)41-32(8,9)10/h19-23,25,27-28H,13-18H2,1-12H3/t20-,21-,22+,23?,25+,27-,28-/m0/s1. The van der Waals surface area contributed by atoms with Crippen LogP contribution >= 0.6 is 0 Å². The van der Waals surface area contributed by atoms with Crippen LogP contribution in [0.2, 0.25) is 0 Å². The van der Waals surface area contributed by atoms with E-state index in [1.165, 1.54) is 0 Å². The molecule has 2 amide bonds. The second kappa shape index (κ2) is 13.9. The lowest BCUT2D eigenvalue weighted by Gasteiger charge is -2.40. The molecule has 0 aromatic carbocycles. The molecule has 2 bridgehead atoms. The largest absolute Gasteiger partial charge is 0.460 e. The molecule has 0 N–H and O–H groups in total. The maximum absolute atomic E-state index is 14.1. The molecule has 2 fully saturated rings. The first-order valence-corrected chi connectivity index (χ1v) is 15.4. The Hall–Kier alpha value is -2.16. The number of Topliss-reactive ketones (excluding diaryl/α,β-unsaturated/α-hetero) is 1. The summed E-state index contributed by atoms with van der Waals surface area (Å²) in [5.41, 5.74) is -1.28. The van der Waals surface area contributed by atoms with Crippen molar-refractivity contribution >= 4 is 23.8 Å². The predicted molar refractivity (Wildman–Crippen MR) is 158 cm³/mol. The van der Waals surface area contributed by atoms with E-state index < -0.39 is 35.4 Å². The summed E-state index contributed by atoms with van der Waals surface area (Å²) in [4.78, 5) is 57.1. The first-order valence-electron chi connectivity index (χ1n) is 15.4. The number of amides is 2. The fourth-order valence-corrected chi connectivity index (χ4v) is 6.46. The highest BCUT2D eigenvalue weighted by Gasteiger charge is 2.53. The molecule has 2 rings (SSSR count). The van der Waals surface area contributed by atoms with Crippen molar-refractivity contribution < 1.29 is 33.4 Å². The van der Waals surface area contributed by atoms with E-state index in [0.717, 1.165) is 25.7 Å². The van der Waals surface area contributed by atoms with E-state index in [1.807, 2.05) is 69.2 Å². The Morgan fingerprint density at radius 2 is 1.51 bits per heavy atom. The van der Waals surface area contributed by atoms with Gasteiger partial charge >= 0.3 is 12.1 Å². The normalized spacial score (nSPS) is 23.6. The molecule has 0 aromatic rings. The lowest BCUT2D eigenvalue weighted by Crippen LogP contribution is -2.54. The molecular formula is C32H56N2O7. The highest BCUT2D eigenvalue weighted by molar-refractivity contribution is 5.92. The Balaban J connectivity index is 2.27. The number of carbonyl (C=O) groups excluding carboxylic acids is 4. The van der Waals surface area contributed by atoms with Crippen LogP contribution < -0.4 is 0 Å². The van der Waals surface area contributed by atoms with E-state index in [9.17, 15) is 19.2 Å². The lowest BCUT2D eigenvalue weighted by atomic mass is 9.83. The topological polar surface area (TPSA) is 102 Å². The lowest BCUT2D eigenvalue weighted by molar-refractivity contribution is -0.161. The number of fused-ring (bicyclic) bond motifs is 2. The summed E-state index contributed by atoms with van der Waals surface area (Å²) < 4.78 is 17.0. The maximum atomic E-state index is 14.1. The SMILES string of the molecule is CC[C@H](C)[C@@H]([C@@H](CC(=O)OC(C)(C)C)OC)N(C)C(=O)C(CC(=O)[C@@H]1[C@H]2CC[C@H](C2)N1C(=O)OC(C)(C)C)C(C)C. The Morgan fingerprint density at radius 3 is 2.00 bits per heavy atom. The van der Waals surface area contributed by atoms with Crippen LogP contribution in [0.25, 0.3) is 0 Å². The summed E-state index contributed by atoms with van der Waals surface area (Å²) in [6.07, 6.45) is 2.39. The molecule has 2 aliphatic rings. The molecule has 1 saturated heterocycles. The van der Waals surface area contributed by atoms with E-state index in [2.05, 4.69) is 0 Å². The number of ketones is 1. The van der Waals surface area contributed by atoms with Crippen molar-refractivity contribution in [3.63, 3.8) is 0 Å². The number of esters is 1. The van der Waals surface area contributed by atoms with Crippen molar-refractivity contribution in [1.82, 2.24) is 9.80 Å². The number of carbonyl (C=O) groups is 4. The molecule has 41 heavy (non-hydrogen) atoms. The van der Waals surface area contributed by atoms with Crippen LogP contribution in [0.4, 0.5) is 4.79 Å². The number of hydrogen-bond acceptors (Lipinski definition) is 7. The molecule has 0 spiro atoms. The zero-order valence-corrected chi connectivity index (χ0v) is 27.6. The monoisotopic (exact) mass is 580 g/mol. The summed E-state index contributed by atoms with van der Waals surface area (Å²) in [5.74, 6) is -1.16. The molecular weight excluding hydrogens is 524 g/mol. The summed E-state index contributed by atoms with van der Waals surface area (Å²) in [6.45, 7) is 18.9. The summed E-state index contributed by atoms with van der Waals surface area (Å²) in [7, 11) is 3.29. The van der Waals surface area contributed by atoms with Gasteiger partial charge in [0.1, 0.15) is 11.2 Å². The minimum Gasteiger partial charge on any atom is -0.460 e. The van der Waals surface area contributed by atoms with Crippen LogP contribution in [0.5, 0.6) is 0 Å². The fourth-order valence-electron chi connectivity index (χ4n) is 6.46. The van der Waals surface area contributed by atoms with Crippen LogP contribution in [0.15, 0.2) is 0 Å². The molecule has 1 unspecified atom stereocenters. The Kier molecular flexibility index (Phi) is 11.9.